The molecule has 0 aliphatic heterocycles. The van der Waals surface area contributed by atoms with Crippen molar-refractivity contribution in [2.24, 2.45) is 5.73 Å². The molecule has 0 saturated heterocycles. The van der Waals surface area contributed by atoms with E-state index in [2.05, 4.69) is 17.1 Å². The Balaban J connectivity index is 2.04. The Morgan fingerprint density at radius 1 is 1.06 bits per heavy atom. The Hall–Kier alpha value is -1.12. The van der Waals surface area contributed by atoms with Gasteiger partial charge in [0.25, 0.3) is 0 Å². The molecule has 0 fully saturated rings. The van der Waals surface area contributed by atoms with Gasteiger partial charge in [0.15, 0.2) is 0 Å². The molecule has 96 valence electrons. The van der Waals surface area contributed by atoms with Gasteiger partial charge in [-0.1, -0.05) is 30.5 Å². The van der Waals surface area contributed by atoms with Gasteiger partial charge >= 0.3 is 0 Å². The predicted molar refractivity (Wildman–Crippen MR) is 78.0 cm³/mol. The zero-order chi connectivity index (χ0) is 12.8. The molecule has 0 aliphatic rings. The van der Waals surface area contributed by atoms with E-state index in [9.17, 15) is 0 Å². The molecule has 0 aliphatic carbocycles. The van der Waals surface area contributed by atoms with E-state index in [1.54, 1.807) is 0 Å². The van der Waals surface area contributed by atoms with Crippen LogP contribution in [0.5, 0.6) is 0 Å². The maximum absolute atomic E-state index is 5.98. The van der Waals surface area contributed by atoms with E-state index in [1.165, 1.54) is 30.2 Å². The smallest absolute Gasteiger partial charge is 0.0719 e. The molecule has 1 aromatic carbocycles. The molecule has 2 nitrogen and oxygen atoms in total. The number of benzene rings is 1. The molecule has 0 amide bonds. The zero-order valence-electron chi connectivity index (χ0n) is 10.5. The zero-order valence-corrected chi connectivity index (χ0v) is 11.3. The third-order valence-electron chi connectivity index (χ3n) is 3.20. The highest BCUT2D eigenvalue weighted by Crippen LogP contribution is 2.22. The minimum Gasteiger partial charge on any atom is -0.330 e. The molecular formula is C15H19ClN2. The minimum absolute atomic E-state index is 0.745. The summed E-state index contributed by atoms with van der Waals surface area (Å²) >= 11 is 5.98. The number of aromatic nitrogens is 1. The van der Waals surface area contributed by atoms with Crippen LogP contribution in [-0.4, -0.2) is 11.5 Å². The first-order chi connectivity index (χ1) is 8.81. The topological polar surface area (TPSA) is 38.9 Å². The van der Waals surface area contributed by atoms with Crippen LogP contribution >= 0.6 is 11.6 Å². The van der Waals surface area contributed by atoms with Crippen molar-refractivity contribution in [2.75, 3.05) is 6.54 Å². The van der Waals surface area contributed by atoms with Crippen LogP contribution in [0.4, 0.5) is 0 Å². The van der Waals surface area contributed by atoms with E-state index in [-0.39, 0.29) is 0 Å². The molecular weight excluding hydrogens is 244 g/mol. The first kappa shape index (κ1) is 13.3. The molecule has 1 aromatic heterocycles. The maximum Gasteiger partial charge on any atom is 0.0719 e. The fourth-order valence-corrected chi connectivity index (χ4v) is 2.38. The second kappa shape index (κ2) is 6.72. The monoisotopic (exact) mass is 262 g/mol. The van der Waals surface area contributed by atoms with Gasteiger partial charge in [0.05, 0.1) is 5.52 Å². The van der Waals surface area contributed by atoms with Gasteiger partial charge in [-0.3, -0.25) is 4.98 Å². The lowest BCUT2D eigenvalue weighted by atomic mass is 10.0. The second-order valence-corrected chi connectivity index (χ2v) is 5.02. The Labute approximate surface area is 113 Å². The van der Waals surface area contributed by atoms with E-state index in [1.807, 2.05) is 18.3 Å². The number of rotatable bonds is 6. The summed E-state index contributed by atoms with van der Waals surface area (Å²) in [4.78, 5) is 4.36. The quantitative estimate of drug-likeness (QED) is 0.801. The molecule has 3 heteroatoms. The lowest BCUT2D eigenvalue weighted by molar-refractivity contribution is 0.647. The van der Waals surface area contributed by atoms with Crippen molar-refractivity contribution in [3.05, 3.63) is 41.0 Å². The van der Waals surface area contributed by atoms with Crippen molar-refractivity contribution in [2.45, 2.75) is 32.1 Å². The molecule has 18 heavy (non-hydrogen) atoms. The summed E-state index contributed by atoms with van der Waals surface area (Å²) in [6.45, 7) is 0.802. The summed E-state index contributed by atoms with van der Waals surface area (Å²) < 4.78 is 0. The minimum atomic E-state index is 0.745. The van der Waals surface area contributed by atoms with E-state index < -0.39 is 0 Å². The van der Waals surface area contributed by atoms with Crippen LogP contribution in [0.25, 0.3) is 10.9 Å². The average molecular weight is 263 g/mol. The maximum atomic E-state index is 5.98. The Morgan fingerprint density at radius 3 is 2.72 bits per heavy atom. The van der Waals surface area contributed by atoms with Gasteiger partial charge in [-0.25, -0.2) is 0 Å². The normalized spacial score (nSPS) is 11.0. The molecule has 0 atom stereocenters. The molecule has 0 bridgehead atoms. The Kier molecular flexibility index (Phi) is 4.97. The van der Waals surface area contributed by atoms with Crippen LogP contribution < -0.4 is 5.73 Å². The van der Waals surface area contributed by atoms with Gasteiger partial charge in [0.2, 0.25) is 0 Å². The van der Waals surface area contributed by atoms with Crippen LogP contribution in [0.1, 0.15) is 31.2 Å². The van der Waals surface area contributed by atoms with E-state index in [0.29, 0.717) is 0 Å². The van der Waals surface area contributed by atoms with Gasteiger partial charge in [0, 0.05) is 16.6 Å². The first-order valence-corrected chi connectivity index (χ1v) is 6.92. The number of pyridine rings is 1. The summed E-state index contributed by atoms with van der Waals surface area (Å²) in [6, 6.07) is 8.04. The molecule has 0 saturated carbocycles. The van der Waals surface area contributed by atoms with E-state index in [4.69, 9.17) is 17.3 Å². The highest BCUT2D eigenvalue weighted by Gasteiger charge is 2.02. The number of nitrogens with zero attached hydrogens (tertiary/aromatic N) is 1. The summed E-state index contributed by atoms with van der Waals surface area (Å²) in [5.41, 5.74) is 7.84. The van der Waals surface area contributed by atoms with Gasteiger partial charge in [-0.2, -0.15) is 0 Å². The first-order valence-electron chi connectivity index (χ1n) is 6.54. The van der Waals surface area contributed by atoms with Crippen molar-refractivity contribution in [1.29, 1.82) is 0 Å². The van der Waals surface area contributed by atoms with Crippen LogP contribution in [-0.2, 0) is 6.42 Å². The van der Waals surface area contributed by atoms with E-state index >= 15 is 0 Å². The fourth-order valence-electron chi connectivity index (χ4n) is 2.21. The van der Waals surface area contributed by atoms with E-state index in [0.717, 1.165) is 29.9 Å². The largest absolute Gasteiger partial charge is 0.330 e. The number of aryl methyl sites for hydroxylation is 1. The molecule has 0 unspecified atom stereocenters. The standard InChI is InChI=1S/C15H19ClN2/c16-13-6-7-14-12(5-3-1-2-4-9-17)8-10-18-15(14)11-13/h6-8,10-11H,1-5,9,17H2. The van der Waals surface area contributed by atoms with Gasteiger partial charge < -0.3 is 5.73 Å². The summed E-state index contributed by atoms with van der Waals surface area (Å²) in [5, 5.41) is 1.97. The van der Waals surface area contributed by atoms with Gasteiger partial charge in [-0.15, -0.1) is 0 Å². The van der Waals surface area contributed by atoms with Crippen molar-refractivity contribution < 1.29 is 0 Å². The predicted octanol–water partition coefficient (Wildman–Crippen LogP) is 3.95. The molecule has 2 rings (SSSR count). The van der Waals surface area contributed by atoms with Crippen LogP contribution in [0.3, 0.4) is 0 Å². The van der Waals surface area contributed by atoms with Crippen molar-refractivity contribution in [3.63, 3.8) is 0 Å². The van der Waals surface area contributed by atoms with Crippen molar-refractivity contribution in [1.82, 2.24) is 4.98 Å². The molecule has 2 aromatic rings. The number of hydrogen-bond acceptors (Lipinski definition) is 2. The number of unbranched alkanes of at least 4 members (excludes halogenated alkanes) is 3. The number of nitrogens with two attached hydrogens (primary N) is 1. The van der Waals surface area contributed by atoms with Crippen molar-refractivity contribution >= 4 is 22.5 Å². The van der Waals surface area contributed by atoms with Crippen LogP contribution in [0.2, 0.25) is 5.02 Å². The summed E-state index contributed by atoms with van der Waals surface area (Å²) in [7, 11) is 0. The van der Waals surface area contributed by atoms with Gasteiger partial charge in [0.1, 0.15) is 0 Å². The molecule has 1 heterocycles. The average Bonchev–Trinajstić information content (AvgIpc) is 2.38. The molecule has 0 spiro atoms. The van der Waals surface area contributed by atoms with Gasteiger partial charge in [-0.05, 0) is 49.6 Å². The second-order valence-electron chi connectivity index (χ2n) is 4.58. The van der Waals surface area contributed by atoms with Crippen LogP contribution in [0.15, 0.2) is 30.5 Å². The SMILES string of the molecule is NCCCCCCc1ccnc2cc(Cl)ccc12. The third-order valence-corrected chi connectivity index (χ3v) is 3.43. The lowest BCUT2D eigenvalue weighted by Gasteiger charge is -2.06. The molecule has 2 N–H and O–H groups in total. The number of fused-ring (bicyclic) bond motifs is 1. The third kappa shape index (κ3) is 3.44. The highest BCUT2D eigenvalue weighted by molar-refractivity contribution is 6.31. The number of hydrogen-bond donors (Lipinski definition) is 1. The fraction of sp³-hybridized carbons (Fsp3) is 0.400. The Bertz CT molecular complexity index is 511. The van der Waals surface area contributed by atoms with Crippen LogP contribution in [0, 0.1) is 0 Å². The number of halogens is 1. The summed E-state index contributed by atoms with van der Waals surface area (Å²) in [5.74, 6) is 0. The Morgan fingerprint density at radius 2 is 1.89 bits per heavy atom. The lowest BCUT2D eigenvalue weighted by Crippen LogP contribution is -1.98. The van der Waals surface area contributed by atoms with Crippen molar-refractivity contribution in [3.8, 4) is 0 Å². The summed E-state index contributed by atoms with van der Waals surface area (Å²) in [6.07, 6.45) is 7.79. The molecule has 0 radical (unpaired) electrons. The highest BCUT2D eigenvalue weighted by atomic mass is 35.5.